The van der Waals surface area contributed by atoms with Crippen molar-refractivity contribution in [2.45, 2.75) is 25.9 Å². The molecule has 3 amide bonds. The number of carbonyl (C=O) groups is 3. The van der Waals surface area contributed by atoms with Crippen LogP contribution in [0.25, 0.3) is 0 Å². The Morgan fingerprint density at radius 1 is 1.07 bits per heavy atom. The number of hydrogen-bond acceptors (Lipinski definition) is 4. The maximum atomic E-state index is 12.7. The molecule has 0 spiro atoms. The predicted molar refractivity (Wildman–Crippen MR) is 120 cm³/mol. The van der Waals surface area contributed by atoms with Gasteiger partial charge < -0.3 is 15.5 Å². The van der Waals surface area contributed by atoms with Crippen molar-refractivity contribution >= 4 is 58.0 Å². The van der Waals surface area contributed by atoms with Crippen LogP contribution in [-0.4, -0.2) is 45.7 Å². The fourth-order valence-electron chi connectivity index (χ4n) is 3.19. The highest BCUT2D eigenvalue weighted by Crippen LogP contribution is 2.25. The second-order valence-electron chi connectivity index (χ2n) is 6.93. The predicted octanol–water partition coefficient (Wildman–Crippen LogP) is 3.25. The largest absolute Gasteiger partial charge is 0.332 e. The van der Waals surface area contributed by atoms with Crippen LogP contribution in [0.1, 0.15) is 18.9 Å². The average Bonchev–Trinajstić information content (AvgIpc) is 2.89. The van der Waals surface area contributed by atoms with Crippen molar-refractivity contribution in [3.8, 4) is 0 Å². The molecule has 2 aromatic rings. The Morgan fingerprint density at radius 2 is 1.67 bits per heavy atom. The number of anilines is 2. The van der Waals surface area contributed by atoms with E-state index in [1.54, 1.807) is 42.3 Å². The molecule has 7 nitrogen and oxygen atoms in total. The third kappa shape index (κ3) is 4.95. The Bertz CT molecular complexity index is 996. The molecule has 30 heavy (non-hydrogen) atoms. The van der Waals surface area contributed by atoms with Crippen molar-refractivity contribution in [3.05, 3.63) is 59.1 Å². The van der Waals surface area contributed by atoms with Gasteiger partial charge in [-0.05, 0) is 48.1 Å². The number of halogens is 1. The molecule has 1 aliphatic rings. The quantitative estimate of drug-likeness (QED) is 0.668. The number of likely N-dealkylation sites (N-methyl/N-ethyl adjacent to an activating group) is 1. The maximum Gasteiger partial charge on any atom is 0.251 e. The zero-order valence-corrected chi connectivity index (χ0v) is 18.1. The smallest absolute Gasteiger partial charge is 0.251 e. The lowest BCUT2D eigenvalue weighted by molar-refractivity contribution is -0.130. The summed E-state index contributed by atoms with van der Waals surface area (Å²) in [4.78, 5) is 39.5. The summed E-state index contributed by atoms with van der Waals surface area (Å²) >= 11 is 11.7. The third-order valence-electron chi connectivity index (χ3n) is 4.69. The van der Waals surface area contributed by atoms with E-state index < -0.39 is 6.04 Å². The first-order valence-corrected chi connectivity index (χ1v) is 10.0. The summed E-state index contributed by atoms with van der Waals surface area (Å²) in [5.74, 6) is -0.726. The standard InChI is InChI=1S/C21H21ClN4O3S/c1-13(27)23-15-7-9-16(10-8-15)24-19(28)11-18-20(29)25(2)21(30)26(18)12-14-5-3-4-6-17(14)22/h3-10,18H,11-12H2,1-2H3,(H,23,27)(H,24,28). The molecule has 1 heterocycles. The van der Waals surface area contributed by atoms with E-state index in [4.69, 9.17) is 23.8 Å². The Labute approximate surface area is 185 Å². The van der Waals surface area contributed by atoms with Gasteiger partial charge in [0.15, 0.2) is 5.11 Å². The summed E-state index contributed by atoms with van der Waals surface area (Å²) < 4.78 is 0. The van der Waals surface area contributed by atoms with Crippen LogP contribution < -0.4 is 10.6 Å². The van der Waals surface area contributed by atoms with Gasteiger partial charge in [0.1, 0.15) is 6.04 Å². The zero-order valence-electron chi connectivity index (χ0n) is 16.5. The second kappa shape index (κ2) is 9.23. The molecule has 3 rings (SSSR count). The van der Waals surface area contributed by atoms with E-state index in [1.807, 2.05) is 18.2 Å². The highest BCUT2D eigenvalue weighted by atomic mass is 35.5. The zero-order chi connectivity index (χ0) is 21.8. The van der Waals surface area contributed by atoms with Crippen molar-refractivity contribution < 1.29 is 14.4 Å². The van der Waals surface area contributed by atoms with E-state index in [-0.39, 0.29) is 24.1 Å². The van der Waals surface area contributed by atoms with Crippen LogP contribution in [0.4, 0.5) is 11.4 Å². The Balaban J connectivity index is 1.70. The van der Waals surface area contributed by atoms with E-state index in [1.165, 1.54) is 11.8 Å². The summed E-state index contributed by atoms with van der Waals surface area (Å²) in [6, 6.07) is 13.3. The van der Waals surface area contributed by atoms with E-state index >= 15 is 0 Å². The molecule has 0 radical (unpaired) electrons. The minimum Gasteiger partial charge on any atom is -0.332 e. The van der Waals surface area contributed by atoms with Crippen LogP contribution >= 0.6 is 23.8 Å². The normalized spacial score (nSPS) is 16.0. The molecule has 9 heteroatoms. The molecule has 0 saturated carbocycles. The summed E-state index contributed by atoms with van der Waals surface area (Å²) in [5, 5.41) is 6.37. The highest BCUT2D eigenvalue weighted by molar-refractivity contribution is 7.80. The maximum absolute atomic E-state index is 12.7. The van der Waals surface area contributed by atoms with Crippen molar-refractivity contribution in [1.29, 1.82) is 0 Å². The second-order valence-corrected chi connectivity index (χ2v) is 7.70. The van der Waals surface area contributed by atoms with Gasteiger partial charge in [0, 0.05) is 36.9 Å². The fourth-order valence-corrected chi connectivity index (χ4v) is 3.67. The molecule has 1 saturated heterocycles. The number of benzene rings is 2. The lowest BCUT2D eigenvalue weighted by Gasteiger charge is -2.24. The van der Waals surface area contributed by atoms with Gasteiger partial charge in [0.05, 0.1) is 6.42 Å². The van der Waals surface area contributed by atoms with E-state index in [9.17, 15) is 14.4 Å². The molecule has 0 bridgehead atoms. The van der Waals surface area contributed by atoms with Gasteiger partial charge in [-0.2, -0.15) is 0 Å². The van der Waals surface area contributed by atoms with Gasteiger partial charge >= 0.3 is 0 Å². The van der Waals surface area contributed by atoms with Crippen LogP contribution in [0.15, 0.2) is 48.5 Å². The molecule has 1 fully saturated rings. The van der Waals surface area contributed by atoms with E-state index in [0.717, 1.165) is 5.56 Å². The van der Waals surface area contributed by atoms with Gasteiger partial charge in [-0.1, -0.05) is 29.8 Å². The number of hydrogen-bond donors (Lipinski definition) is 2. The van der Waals surface area contributed by atoms with Crippen LogP contribution in [0.5, 0.6) is 0 Å². The van der Waals surface area contributed by atoms with Crippen molar-refractivity contribution in [2.75, 3.05) is 17.7 Å². The lowest BCUT2D eigenvalue weighted by Crippen LogP contribution is -2.37. The van der Waals surface area contributed by atoms with Crippen molar-refractivity contribution in [1.82, 2.24) is 9.80 Å². The minimum atomic E-state index is -0.711. The van der Waals surface area contributed by atoms with Gasteiger partial charge in [0.2, 0.25) is 11.8 Å². The topological polar surface area (TPSA) is 81.8 Å². The monoisotopic (exact) mass is 444 g/mol. The third-order valence-corrected chi connectivity index (χ3v) is 5.57. The molecule has 0 aliphatic carbocycles. The van der Waals surface area contributed by atoms with Crippen LogP contribution in [-0.2, 0) is 20.9 Å². The molecule has 2 aromatic carbocycles. The van der Waals surface area contributed by atoms with Crippen molar-refractivity contribution in [2.24, 2.45) is 0 Å². The SMILES string of the molecule is CC(=O)Nc1ccc(NC(=O)CC2C(=O)N(C)C(=S)N2Cc2ccccc2Cl)cc1. The molecule has 156 valence electrons. The van der Waals surface area contributed by atoms with Gasteiger partial charge in [-0.25, -0.2) is 0 Å². The first kappa shape index (κ1) is 21.7. The molecule has 1 aliphatic heterocycles. The Morgan fingerprint density at radius 3 is 2.27 bits per heavy atom. The lowest BCUT2D eigenvalue weighted by atomic mass is 10.1. The number of nitrogens with one attached hydrogen (secondary N) is 2. The first-order valence-electron chi connectivity index (χ1n) is 9.25. The van der Waals surface area contributed by atoms with Crippen molar-refractivity contribution in [3.63, 3.8) is 0 Å². The number of carbonyl (C=O) groups excluding carboxylic acids is 3. The summed E-state index contributed by atoms with van der Waals surface area (Å²) in [6.07, 6.45) is -0.0544. The first-order chi connectivity index (χ1) is 14.3. The molecule has 1 unspecified atom stereocenters. The number of nitrogens with zero attached hydrogens (tertiary/aromatic N) is 2. The van der Waals surface area contributed by atoms with Crippen LogP contribution in [0, 0.1) is 0 Å². The molecule has 2 N–H and O–H groups in total. The van der Waals surface area contributed by atoms with E-state index in [0.29, 0.717) is 28.1 Å². The van der Waals surface area contributed by atoms with Crippen LogP contribution in [0.2, 0.25) is 5.02 Å². The molecule has 0 aromatic heterocycles. The molecular formula is C21H21ClN4O3S. The average molecular weight is 445 g/mol. The number of thiocarbonyl (C=S) groups is 1. The number of amides is 3. The summed E-state index contributed by atoms with van der Waals surface area (Å²) in [5.41, 5.74) is 2.01. The summed E-state index contributed by atoms with van der Waals surface area (Å²) in [7, 11) is 1.60. The Hall–Kier alpha value is -2.97. The van der Waals surface area contributed by atoms with Gasteiger partial charge in [-0.3, -0.25) is 19.3 Å². The number of rotatable bonds is 6. The Kier molecular flexibility index (Phi) is 6.69. The van der Waals surface area contributed by atoms with Gasteiger partial charge in [-0.15, -0.1) is 0 Å². The van der Waals surface area contributed by atoms with E-state index in [2.05, 4.69) is 10.6 Å². The highest BCUT2D eigenvalue weighted by Gasteiger charge is 2.41. The molecule has 1 atom stereocenters. The minimum absolute atomic E-state index is 0.0544. The molecular weight excluding hydrogens is 424 g/mol. The summed E-state index contributed by atoms with van der Waals surface area (Å²) in [6.45, 7) is 1.75. The van der Waals surface area contributed by atoms with Gasteiger partial charge in [0.25, 0.3) is 5.91 Å². The van der Waals surface area contributed by atoms with Crippen LogP contribution in [0.3, 0.4) is 0 Å². The fraction of sp³-hybridized carbons (Fsp3) is 0.238.